The summed E-state index contributed by atoms with van der Waals surface area (Å²) in [5.74, 6) is -0.232. The molecule has 1 aromatic carbocycles. The lowest BCUT2D eigenvalue weighted by Gasteiger charge is -2.12. The molecule has 0 aliphatic carbocycles. The Hall–Kier alpha value is -1.68. The molecular formula is C15H16FNOS. The molecule has 1 amide bonds. The molecule has 1 unspecified atom stereocenters. The van der Waals surface area contributed by atoms with Crippen LogP contribution >= 0.6 is 11.3 Å². The Kier molecular flexibility index (Phi) is 4.68. The maximum Gasteiger partial charge on any atom is 0.220 e. The van der Waals surface area contributed by atoms with Gasteiger partial charge in [-0.1, -0.05) is 18.2 Å². The number of benzene rings is 1. The van der Waals surface area contributed by atoms with Gasteiger partial charge in [-0.25, -0.2) is 4.39 Å². The van der Waals surface area contributed by atoms with Gasteiger partial charge in [0.15, 0.2) is 0 Å². The second-order valence-corrected chi connectivity index (χ2v) is 5.41. The third kappa shape index (κ3) is 4.17. The van der Waals surface area contributed by atoms with Crippen LogP contribution in [-0.4, -0.2) is 5.91 Å². The molecule has 19 heavy (non-hydrogen) atoms. The van der Waals surface area contributed by atoms with Crippen LogP contribution in [0.4, 0.5) is 4.39 Å². The van der Waals surface area contributed by atoms with E-state index in [1.807, 2.05) is 24.4 Å². The van der Waals surface area contributed by atoms with Crippen molar-refractivity contribution >= 4 is 17.2 Å². The molecule has 1 N–H and O–H groups in total. The van der Waals surface area contributed by atoms with Crippen molar-refractivity contribution in [3.63, 3.8) is 0 Å². The van der Waals surface area contributed by atoms with Crippen molar-refractivity contribution in [3.05, 3.63) is 58.0 Å². The summed E-state index contributed by atoms with van der Waals surface area (Å²) in [5, 5.41) is 4.96. The van der Waals surface area contributed by atoms with Gasteiger partial charge in [0, 0.05) is 11.3 Å². The van der Waals surface area contributed by atoms with Crippen LogP contribution in [0.2, 0.25) is 0 Å². The Bertz CT molecular complexity index is 522. The first-order chi connectivity index (χ1) is 9.15. The normalized spacial score (nSPS) is 12.1. The van der Waals surface area contributed by atoms with E-state index in [0.29, 0.717) is 12.8 Å². The van der Waals surface area contributed by atoms with E-state index in [-0.39, 0.29) is 17.8 Å². The molecule has 0 radical (unpaired) electrons. The average molecular weight is 277 g/mol. The minimum Gasteiger partial charge on any atom is -0.349 e. The summed E-state index contributed by atoms with van der Waals surface area (Å²) in [6.07, 6.45) is 1.05. The highest BCUT2D eigenvalue weighted by Gasteiger charge is 2.10. The van der Waals surface area contributed by atoms with Crippen molar-refractivity contribution in [1.29, 1.82) is 0 Å². The van der Waals surface area contributed by atoms with Crippen molar-refractivity contribution in [2.45, 2.75) is 25.8 Å². The van der Waals surface area contributed by atoms with Crippen molar-refractivity contribution in [2.24, 2.45) is 0 Å². The summed E-state index contributed by atoms with van der Waals surface area (Å²) in [5.41, 5.74) is 0.973. The van der Waals surface area contributed by atoms with Crippen LogP contribution in [0.1, 0.15) is 29.8 Å². The molecule has 0 bridgehead atoms. The summed E-state index contributed by atoms with van der Waals surface area (Å²) >= 11 is 1.63. The van der Waals surface area contributed by atoms with Gasteiger partial charge in [-0.2, -0.15) is 0 Å². The predicted molar refractivity (Wildman–Crippen MR) is 75.6 cm³/mol. The first-order valence-corrected chi connectivity index (χ1v) is 7.10. The zero-order valence-corrected chi connectivity index (χ0v) is 11.5. The lowest BCUT2D eigenvalue weighted by molar-refractivity contribution is -0.121. The van der Waals surface area contributed by atoms with Gasteiger partial charge in [-0.05, 0) is 42.5 Å². The van der Waals surface area contributed by atoms with E-state index in [2.05, 4.69) is 5.32 Å². The Balaban J connectivity index is 1.80. The molecule has 2 nitrogen and oxygen atoms in total. The van der Waals surface area contributed by atoms with E-state index in [4.69, 9.17) is 0 Å². The van der Waals surface area contributed by atoms with Gasteiger partial charge in [0.25, 0.3) is 0 Å². The molecule has 0 spiro atoms. The molecule has 0 saturated heterocycles. The van der Waals surface area contributed by atoms with Crippen LogP contribution in [0, 0.1) is 5.82 Å². The SMILES string of the molecule is CC(NC(=O)CCc1ccc(F)cc1)c1cccs1. The minimum atomic E-state index is -0.250. The first-order valence-electron chi connectivity index (χ1n) is 6.22. The number of halogens is 1. The highest BCUT2D eigenvalue weighted by atomic mass is 32.1. The number of amides is 1. The smallest absolute Gasteiger partial charge is 0.220 e. The maximum absolute atomic E-state index is 12.7. The van der Waals surface area contributed by atoms with Gasteiger partial charge < -0.3 is 5.32 Å². The van der Waals surface area contributed by atoms with Gasteiger partial charge in [0.05, 0.1) is 6.04 Å². The van der Waals surface area contributed by atoms with Gasteiger partial charge in [-0.3, -0.25) is 4.79 Å². The van der Waals surface area contributed by atoms with Crippen LogP contribution in [-0.2, 0) is 11.2 Å². The van der Waals surface area contributed by atoms with Crippen LogP contribution in [0.5, 0.6) is 0 Å². The number of thiophene rings is 1. The van der Waals surface area contributed by atoms with E-state index >= 15 is 0 Å². The quantitative estimate of drug-likeness (QED) is 0.887. The van der Waals surface area contributed by atoms with E-state index in [1.54, 1.807) is 23.5 Å². The molecule has 1 atom stereocenters. The largest absolute Gasteiger partial charge is 0.349 e. The first kappa shape index (κ1) is 13.7. The number of carbonyl (C=O) groups excluding carboxylic acids is 1. The third-order valence-corrected chi connectivity index (χ3v) is 3.96. The molecule has 0 aliphatic heterocycles. The Labute approximate surface area is 116 Å². The third-order valence-electron chi connectivity index (χ3n) is 2.90. The van der Waals surface area contributed by atoms with Crippen molar-refractivity contribution in [1.82, 2.24) is 5.32 Å². The second kappa shape index (κ2) is 6.48. The van der Waals surface area contributed by atoms with E-state index in [0.717, 1.165) is 10.4 Å². The Morgan fingerprint density at radius 2 is 2.05 bits per heavy atom. The lowest BCUT2D eigenvalue weighted by atomic mass is 10.1. The lowest BCUT2D eigenvalue weighted by Crippen LogP contribution is -2.26. The average Bonchev–Trinajstić information content (AvgIpc) is 2.92. The predicted octanol–water partition coefficient (Wildman–Crippen LogP) is 3.70. The van der Waals surface area contributed by atoms with Gasteiger partial charge in [0.1, 0.15) is 5.82 Å². The van der Waals surface area contributed by atoms with Gasteiger partial charge in [0.2, 0.25) is 5.91 Å². The summed E-state index contributed by atoms with van der Waals surface area (Å²) in [6, 6.07) is 10.3. The molecule has 0 aliphatic rings. The molecule has 2 aromatic rings. The molecule has 2 rings (SSSR count). The van der Waals surface area contributed by atoms with Gasteiger partial charge in [-0.15, -0.1) is 11.3 Å². The number of carbonyl (C=O) groups is 1. The van der Waals surface area contributed by atoms with Crippen LogP contribution < -0.4 is 5.32 Å². The van der Waals surface area contributed by atoms with Crippen LogP contribution in [0.15, 0.2) is 41.8 Å². The number of hydrogen-bond donors (Lipinski definition) is 1. The fraction of sp³-hybridized carbons (Fsp3) is 0.267. The second-order valence-electron chi connectivity index (χ2n) is 4.43. The van der Waals surface area contributed by atoms with Crippen molar-refractivity contribution < 1.29 is 9.18 Å². The standard InChI is InChI=1S/C15H16FNOS/c1-11(14-3-2-10-19-14)17-15(18)9-6-12-4-7-13(16)8-5-12/h2-5,7-8,10-11H,6,9H2,1H3,(H,17,18). The summed E-state index contributed by atoms with van der Waals surface area (Å²) in [7, 11) is 0. The Morgan fingerprint density at radius 1 is 1.32 bits per heavy atom. The van der Waals surface area contributed by atoms with E-state index in [9.17, 15) is 9.18 Å². The molecule has 0 saturated carbocycles. The number of hydrogen-bond acceptors (Lipinski definition) is 2. The van der Waals surface area contributed by atoms with E-state index in [1.165, 1.54) is 12.1 Å². The van der Waals surface area contributed by atoms with Crippen LogP contribution in [0.25, 0.3) is 0 Å². The summed E-state index contributed by atoms with van der Waals surface area (Å²) in [4.78, 5) is 13.0. The molecule has 4 heteroatoms. The van der Waals surface area contributed by atoms with Crippen LogP contribution in [0.3, 0.4) is 0 Å². The monoisotopic (exact) mass is 277 g/mol. The number of nitrogens with one attached hydrogen (secondary N) is 1. The zero-order chi connectivity index (χ0) is 13.7. The molecule has 100 valence electrons. The fourth-order valence-electron chi connectivity index (χ4n) is 1.83. The fourth-order valence-corrected chi connectivity index (χ4v) is 2.57. The molecule has 1 aromatic heterocycles. The number of aryl methyl sites for hydroxylation is 1. The topological polar surface area (TPSA) is 29.1 Å². The highest BCUT2D eigenvalue weighted by molar-refractivity contribution is 7.10. The molecule has 0 fully saturated rings. The van der Waals surface area contributed by atoms with Crippen molar-refractivity contribution in [3.8, 4) is 0 Å². The van der Waals surface area contributed by atoms with Crippen molar-refractivity contribution in [2.75, 3.05) is 0 Å². The summed E-state index contributed by atoms with van der Waals surface area (Å²) in [6.45, 7) is 1.97. The number of rotatable bonds is 5. The zero-order valence-electron chi connectivity index (χ0n) is 10.7. The van der Waals surface area contributed by atoms with E-state index < -0.39 is 0 Å². The molecular weight excluding hydrogens is 261 g/mol. The van der Waals surface area contributed by atoms with Gasteiger partial charge >= 0.3 is 0 Å². The maximum atomic E-state index is 12.7. The highest BCUT2D eigenvalue weighted by Crippen LogP contribution is 2.18. The molecule has 1 heterocycles. The minimum absolute atomic E-state index is 0.0187. The summed E-state index contributed by atoms with van der Waals surface area (Å²) < 4.78 is 12.7. The Morgan fingerprint density at radius 3 is 2.68 bits per heavy atom.